The Labute approximate surface area is 661 Å². The number of ether oxygens (including phenoxy) is 6. The summed E-state index contributed by atoms with van der Waals surface area (Å²) in [6.45, 7) is 19.9. The number of aliphatic hydroxyl groups excluding tert-OH is 1. The van der Waals surface area contributed by atoms with E-state index in [1.807, 2.05) is 50.8 Å². The van der Waals surface area contributed by atoms with Gasteiger partial charge in [0.1, 0.15) is 30.0 Å². The predicted octanol–water partition coefficient (Wildman–Crippen LogP) is 8.15. The molecule has 602 valence electrons. The summed E-state index contributed by atoms with van der Waals surface area (Å²) in [6, 6.07) is 32.1. The molecule has 114 heavy (non-hydrogen) atoms. The van der Waals surface area contributed by atoms with Gasteiger partial charge in [0, 0.05) is 55.7 Å². The number of nitrogens with one attached hydrogen (secondary N) is 4. The van der Waals surface area contributed by atoms with Gasteiger partial charge in [0.2, 0.25) is 11.9 Å². The van der Waals surface area contributed by atoms with E-state index in [2.05, 4.69) is 59.2 Å². The van der Waals surface area contributed by atoms with Crippen LogP contribution in [0.25, 0.3) is 11.2 Å². The fraction of sp³-hybridized carbons (Fsp3) is 0.434. The maximum absolute atomic E-state index is 16.6. The number of rotatable bonds is 29. The molecule has 2 bridgehead atoms. The molecule has 12 atom stereocenters. The van der Waals surface area contributed by atoms with Gasteiger partial charge in [-0.05, 0) is 156 Å². The van der Waals surface area contributed by atoms with Crippen molar-refractivity contribution in [3.63, 3.8) is 0 Å². The third kappa shape index (κ3) is 18.5. The van der Waals surface area contributed by atoms with Gasteiger partial charge >= 0.3 is 29.8 Å². The molecule has 3 amide bonds. The minimum atomic E-state index is -2.74. The highest BCUT2D eigenvalue weighted by atomic mass is 28.4. The summed E-state index contributed by atoms with van der Waals surface area (Å²) in [7, 11) is -5.23. The van der Waals surface area contributed by atoms with E-state index >= 15 is 4.79 Å². The van der Waals surface area contributed by atoms with Crippen LogP contribution < -0.4 is 27.2 Å². The zero-order chi connectivity index (χ0) is 82.4. The molecular weight excluding hydrogens is 1500 g/mol. The standard InChI is InChI=1S/C83H98N10O19Si2/c1-47-41-58(45-85-63(96)37-30-48(2)87-74(100)55-34-31-52(32-35-55)33-36-57-44-86-73-67(88-57)76(102)91-79(84)90-73)92-93-59(47)38-40-114(11,12)112-113(9,10)39-22-29-64(97)109-61-42-62-82(46-106-62,111-51(5)95)70-72(110-77(103)56-27-20-15-21-28-56)83(105)43-60(49(3)65(80(83,6)7)69(107-50(4)94)71(99)81(61,70)8)108-78(104)68(98)66(53-23-16-13-17-24-53)89-75(101)54-25-18-14-19-26-54/h13-28,31-32,34-35,39,41,44,48,60-62,66,68-70,72,98,105H,29-30,33,36-38,40,42-43,45-46H2,1-12H3,(H,85,96)(H,87,100)(H,89,101)(H3,84,86,90,91,102)/b39-22+/t48-,60+,61+,62-,66+,68-,69-,70+,72+,81-,82+,83-/m1/s1. The van der Waals surface area contributed by atoms with E-state index in [0.29, 0.717) is 54.2 Å². The molecule has 4 aliphatic rings. The lowest BCUT2D eigenvalue weighted by atomic mass is 9.44. The van der Waals surface area contributed by atoms with Gasteiger partial charge in [0.25, 0.3) is 17.4 Å². The van der Waals surface area contributed by atoms with Gasteiger partial charge in [-0.2, -0.15) is 15.2 Å². The molecule has 0 spiro atoms. The van der Waals surface area contributed by atoms with E-state index in [1.54, 1.807) is 117 Å². The second kappa shape index (κ2) is 34.5. The number of amides is 3. The van der Waals surface area contributed by atoms with Crippen LogP contribution in [0, 0.1) is 23.7 Å². The predicted molar refractivity (Wildman–Crippen MR) is 421 cm³/mol. The summed E-state index contributed by atoms with van der Waals surface area (Å²) < 4.78 is 45.1. The number of aryl methyl sites for hydroxylation is 4. The average Bonchev–Trinajstić information content (AvgIpc) is 0.666. The summed E-state index contributed by atoms with van der Waals surface area (Å²) >= 11 is 0. The molecule has 1 saturated heterocycles. The van der Waals surface area contributed by atoms with Crippen molar-refractivity contribution >= 4 is 87.1 Å². The Hall–Kier alpha value is -10.8. The van der Waals surface area contributed by atoms with Gasteiger partial charge in [-0.25, -0.2) is 19.6 Å². The Morgan fingerprint density at radius 1 is 0.772 bits per heavy atom. The Morgan fingerprint density at radius 3 is 2.06 bits per heavy atom. The molecule has 31 heteroatoms. The number of esters is 5. The molecule has 7 aromatic rings. The van der Waals surface area contributed by atoms with Gasteiger partial charge in [0.15, 0.2) is 51.4 Å². The van der Waals surface area contributed by atoms with Gasteiger partial charge in [0.05, 0.1) is 65.8 Å². The number of aromatic nitrogens is 6. The van der Waals surface area contributed by atoms with Crippen molar-refractivity contribution in [1.29, 1.82) is 0 Å². The summed E-state index contributed by atoms with van der Waals surface area (Å²) in [5.41, 5.74) is 3.66. The lowest BCUT2D eigenvalue weighted by Crippen LogP contribution is -2.82. The van der Waals surface area contributed by atoms with E-state index in [0.717, 1.165) is 30.7 Å². The molecule has 3 aliphatic carbocycles. The molecule has 4 aromatic carbocycles. The zero-order valence-electron chi connectivity index (χ0n) is 65.9. The maximum Gasteiger partial charge on any atom is 0.338 e. The average molecular weight is 1600 g/mol. The van der Waals surface area contributed by atoms with Crippen molar-refractivity contribution in [3.05, 3.63) is 211 Å². The normalized spacial score (nSPS) is 23.2. The van der Waals surface area contributed by atoms with Crippen molar-refractivity contribution < 1.29 is 85.9 Å². The first-order valence-corrected chi connectivity index (χ1v) is 44.1. The summed E-state index contributed by atoms with van der Waals surface area (Å²) in [5, 5.41) is 44.0. The first kappa shape index (κ1) is 84.1. The largest absolute Gasteiger partial charge is 0.461 e. The number of benzene rings is 4. The number of hydrogen-bond acceptors (Lipinski definition) is 25. The third-order valence-electron chi connectivity index (χ3n) is 22.2. The minimum Gasteiger partial charge on any atom is -0.461 e. The number of nitrogens with zero attached hydrogens (tertiary/aromatic N) is 5. The number of carbonyl (C=O) groups is 9. The number of nitrogens with two attached hydrogens (primary N) is 1. The van der Waals surface area contributed by atoms with Crippen molar-refractivity contribution in [1.82, 2.24) is 46.1 Å². The van der Waals surface area contributed by atoms with Crippen LogP contribution >= 0.6 is 0 Å². The molecular formula is C83H98N10O19Si2. The van der Waals surface area contributed by atoms with E-state index in [-0.39, 0.29) is 83.0 Å². The number of H-pyrrole nitrogens is 1. The first-order valence-electron chi connectivity index (χ1n) is 38.0. The lowest BCUT2D eigenvalue weighted by Gasteiger charge is -2.67. The highest BCUT2D eigenvalue weighted by Gasteiger charge is 2.79. The van der Waals surface area contributed by atoms with Crippen molar-refractivity contribution in [2.24, 2.45) is 16.7 Å². The molecule has 29 nitrogen and oxygen atoms in total. The van der Waals surface area contributed by atoms with Crippen LogP contribution in [0.15, 0.2) is 155 Å². The quantitative estimate of drug-likeness (QED) is 0.0101. The van der Waals surface area contributed by atoms with E-state index in [4.69, 9.17) is 38.3 Å². The van der Waals surface area contributed by atoms with Gasteiger partial charge in [-0.3, -0.25) is 43.3 Å². The van der Waals surface area contributed by atoms with Crippen LogP contribution in [0.1, 0.15) is 151 Å². The van der Waals surface area contributed by atoms with E-state index in [1.165, 1.54) is 26.0 Å². The summed E-state index contributed by atoms with van der Waals surface area (Å²) in [5.74, 6) is -8.66. The molecule has 0 unspecified atom stereocenters. The number of ketones is 1. The molecule has 2 saturated carbocycles. The number of aromatic amines is 1. The Kier molecular flexibility index (Phi) is 25.4. The van der Waals surface area contributed by atoms with E-state index in [9.17, 15) is 53.4 Å². The monoisotopic (exact) mass is 1590 g/mol. The molecule has 8 N–H and O–H groups in total. The number of Topliss-reactive ketones (excluding diaryl/α,β-unsaturated/α-hetero) is 1. The van der Waals surface area contributed by atoms with Crippen LogP contribution in [0.2, 0.25) is 32.2 Å². The van der Waals surface area contributed by atoms with Crippen LogP contribution in [0.3, 0.4) is 0 Å². The molecule has 3 fully saturated rings. The summed E-state index contributed by atoms with van der Waals surface area (Å²) in [4.78, 5) is 156. The SMILES string of the molecule is CC(=O)O[C@H]1C(=O)[C@]2(C)[C@@H](OC(=O)C/C=C/[Si](C)(C)O[Si](C)(C)CCc3nnc(CNC(=O)CC[C@@H](C)NC(=O)c4ccc(CCc5cnc6nc(N)[nH]c(=O)c6n5)cc4)cc3C)C[C@H]3OC[C@@]3(OC(C)=O)[C@H]2[C@H](OC(=O)c2ccccc2)[C@]2(O)C[C@H](OC(=O)[C@H](O)[C@@H](NC(=O)c3ccccc3)c3ccccc3)C(C)=C1C2(C)C. The minimum absolute atomic E-state index is 0.0131. The fourth-order valence-electron chi connectivity index (χ4n) is 16.3. The smallest absolute Gasteiger partial charge is 0.338 e. The highest BCUT2D eigenvalue weighted by Crippen LogP contribution is 2.65. The van der Waals surface area contributed by atoms with Crippen LogP contribution in [-0.4, -0.2) is 171 Å². The van der Waals surface area contributed by atoms with Crippen LogP contribution in [0.5, 0.6) is 0 Å². The first-order chi connectivity index (χ1) is 53.9. The Bertz CT molecular complexity index is 4930. The second-order valence-corrected chi connectivity index (χ2v) is 40.1. The molecule has 4 heterocycles. The van der Waals surface area contributed by atoms with Crippen molar-refractivity contribution in [2.45, 2.75) is 205 Å². The molecule has 0 radical (unpaired) electrons. The van der Waals surface area contributed by atoms with E-state index < -0.39 is 147 Å². The number of anilines is 1. The van der Waals surface area contributed by atoms with Gasteiger partial charge in [-0.1, -0.05) is 104 Å². The fourth-order valence-corrected chi connectivity index (χ4v) is 24.2. The maximum atomic E-state index is 16.6. The number of carbonyl (C=O) groups excluding carboxylic acids is 9. The number of fused-ring (bicyclic) bond motifs is 6. The second-order valence-electron chi connectivity index (χ2n) is 31.7. The van der Waals surface area contributed by atoms with Crippen molar-refractivity contribution in [2.75, 3.05) is 12.3 Å². The third-order valence-corrected chi connectivity index (χ3v) is 29.0. The molecule has 3 aromatic heterocycles. The number of aliphatic hydroxyl groups is 2. The number of nitrogen functional groups attached to an aromatic ring is 1. The molecule has 1 aliphatic heterocycles. The summed E-state index contributed by atoms with van der Waals surface area (Å²) in [6.07, 6.45) is -6.20. The molecule has 11 rings (SSSR count). The topological polar surface area (TPSA) is 418 Å². The van der Waals surface area contributed by atoms with Gasteiger partial charge in [-0.15, -0.1) is 0 Å². The lowest BCUT2D eigenvalue weighted by molar-refractivity contribution is -0.346. The van der Waals surface area contributed by atoms with Crippen LogP contribution in [0.4, 0.5) is 5.95 Å². The Morgan fingerprint density at radius 2 is 1.42 bits per heavy atom. The highest BCUT2D eigenvalue weighted by molar-refractivity contribution is 6.87. The van der Waals surface area contributed by atoms with Crippen LogP contribution in [-0.2, 0) is 87.1 Å². The zero-order valence-corrected chi connectivity index (χ0v) is 67.9. The van der Waals surface area contributed by atoms with Gasteiger partial charge < -0.3 is 64.4 Å². The Balaban J connectivity index is 0.746. The number of hydrogen-bond donors (Lipinski definition) is 7. The van der Waals surface area contributed by atoms with Crippen molar-refractivity contribution in [3.8, 4) is 0 Å².